The third-order valence-corrected chi connectivity index (χ3v) is 2.80. The second-order valence-corrected chi connectivity index (χ2v) is 5.35. The molecule has 0 atom stereocenters. The van der Waals surface area contributed by atoms with Gasteiger partial charge in [0.25, 0.3) is 0 Å². The number of aromatic carboxylic acids is 1. The summed E-state index contributed by atoms with van der Waals surface area (Å²) >= 11 is 0. The van der Waals surface area contributed by atoms with Crippen LogP contribution in [-0.2, 0) is 5.41 Å². The lowest BCUT2D eigenvalue weighted by molar-refractivity contribution is 0.0693. The lowest BCUT2D eigenvalue weighted by Gasteiger charge is -2.17. The van der Waals surface area contributed by atoms with Crippen molar-refractivity contribution in [2.45, 2.75) is 26.2 Å². The molecule has 7 heteroatoms. The van der Waals surface area contributed by atoms with E-state index in [1.807, 2.05) is 20.8 Å². The van der Waals surface area contributed by atoms with Crippen molar-refractivity contribution in [3.05, 3.63) is 29.6 Å². The Kier molecular flexibility index (Phi) is 3.44. The summed E-state index contributed by atoms with van der Waals surface area (Å²) in [5.74, 6) is -0.0888. The first-order chi connectivity index (χ1) is 9.34. The van der Waals surface area contributed by atoms with Crippen molar-refractivity contribution >= 4 is 5.97 Å². The maximum absolute atomic E-state index is 11.1. The van der Waals surface area contributed by atoms with Crippen molar-refractivity contribution in [2.24, 2.45) is 0 Å². The average molecular weight is 276 g/mol. The Morgan fingerprint density at radius 2 is 2.05 bits per heavy atom. The minimum Gasteiger partial charge on any atom is -0.496 e. The summed E-state index contributed by atoms with van der Waals surface area (Å²) in [6, 6.07) is 4.73. The summed E-state index contributed by atoms with van der Waals surface area (Å²) < 4.78 is 6.69. The molecule has 0 unspecified atom stereocenters. The minimum absolute atomic E-state index is 0.0987. The standard InChI is InChI=1S/C13H16N4O3/c1-13(2,3)12-14-15-16-17(12)8-5-6-9(11(18)19)10(7-8)20-4/h5-7H,1-4H3,(H,18,19). The van der Waals surface area contributed by atoms with Crippen LogP contribution in [0.15, 0.2) is 18.2 Å². The fourth-order valence-corrected chi connectivity index (χ4v) is 1.82. The number of aromatic nitrogens is 4. The van der Waals surface area contributed by atoms with E-state index >= 15 is 0 Å². The van der Waals surface area contributed by atoms with Crippen LogP contribution in [0.3, 0.4) is 0 Å². The molecule has 0 spiro atoms. The van der Waals surface area contributed by atoms with Crippen LogP contribution < -0.4 is 4.74 Å². The van der Waals surface area contributed by atoms with Gasteiger partial charge in [-0.2, -0.15) is 4.68 Å². The largest absolute Gasteiger partial charge is 0.496 e. The van der Waals surface area contributed by atoms with Gasteiger partial charge in [0.1, 0.15) is 11.3 Å². The Hall–Kier alpha value is -2.44. The van der Waals surface area contributed by atoms with Crippen LogP contribution in [0.5, 0.6) is 5.75 Å². The van der Waals surface area contributed by atoms with E-state index in [0.29, 0.717) is 11.5 Å². The number of methoxy groups -OCH3 is 1. The SMILES string of the molecule is COc1cc(-n2nnnc2C(C)(C)C)ccc1C(=O)O. The molecule has 1 heterocycles. The van der Waals surface area contributed by atoms with Crippen molar-refractivity contribution in [1.82, 2.24) is 20.2 Å². The topological polar surface area (TPSA) is 90.1 Å². The summed E-state index contributed by atoms with van der Waals surface area (Å²) in [6.07, 6.45) is 0. The maximum atomic E-state index is 11.1. The fourth-order valence-electron chi connectivity index (χ4n) is 1.82. The van der Waals surface area contributed by atoms with E-state index in [-0.39, 0.29) is 16.7 Å². The first-order valence-corrected chi connectivity index (χ1v) is 6.05. The molecule has 0 radical (unpaired) electrons. The van der Waals surface area contributed by atoms with Crippen molar-refractivity contribution in [3.8, 4) is 11.4 Å². The van der Waals surface area contributed by atoms with Gasteiger partial charge in [-0.15, -0.1) is 5.10 Å². The molecule has 1 aromatic carbocycles. The van der Waals surface area contributed by atoms with Gasteiger partial charge in [-0.05, 0) is 22.6 Å². The van der Waals surface area contributed by atoms with Crippen LogP contribution in [0.2, 0.25) is 0 Å². The van der Waals surface area contributed by atoms with Gasteiger partial charge in [-0.1, -0.05) is 20.8 Å². The number of benzene rings is 1. The molecule has 0 bridgehead atoms. The molecule has 0 amide bonds. The molecule has 0 aliphatic carbocycles. The number of hydrogen-bond acceptors (Lipinski definition) is 5. The average Bonchev–Trinajstić information content (AvgIpc) is 2.86. The smallest absolute Gasteiger partial charge is 0.339 e. The molecule has 20 heavy (non-hydrogen) atoms. The van der Waals surface area contributed by atoms with Crippen LogP contribution in [0, 0.1) is 0 Å². The number of carbonyl (C=O) groups is 1. The molecule has 2 aromatic rings. The number of tetrazole rings is 1. The highest BCUT2D eigenvalue weighted by molar-refractivity contribution is 5.91. The van der Waals surface area contributed by atoms with Crippen molar-refractivity contribution in [3.63, 3.8) is 0 Å². The van der Waals surface area contributed by atoms with Crippen molar-refractivity contribution < 1.29 is 14.6 Å². The van der Waals surface area contributed by atoms with E-state index in [4.69, 9.17) is 9.84 Å². The number of carboxylic acid groups (broad SMARTS) is 1. The molecule has 1 N–H and O–H groups in total. The van der Waals surface area contributed by atoms with Crippen molar-refractivity contribution in [1.29, 1.82) is 0 Å². The zero-order valence-corrected chi connectivity index (χ0v) is 11.8. The molecule has 0 aliphatic heterocycles. The van der Waals surface area contributed by atoms with Gasteiger partial charge >= 0.3 is 5.97 Å². The molecule has 0 saturated heterocycles. The zero-order chi connectivity index (χ0) is 14.9. The van der Waals surface area contributed by atoms with Crippen LogP contribution in [0.1, 0.15) is 37.0 Å². The Morgan fingerprint density at radius 3 is 2.60 bits per heavy atom. The quantitative estimate of drug-likeness (QED) is 0.917. The maximum Gasteiger partial charge on any atom is 0.339 e. The van der Waals surface area contributed by atoms with E-state index in [1.165, 1.54) is 13.2 Å². The van der Waals surface area contributed by atoms with Gasteiger partial charge in [0.15, 0.2) is 5.82 Å². The van der Waals surface area contributed by atoms with Gasteiger partial charge in [0, 0.05) is 11.5 Å². The van der Waals surface area contributed by atoms with Crippen molar-refractivity contribution in [2.75, 3.05) is 7.11 Å². The predicted octanol–water partition coefficient (Wildman–Crippen LogP) is 1.67. The molecular weight excluding hydrogens is 260 g/mol. The van der Waals surface area contributed by atoms with E-state index in [9.17, 15) is 4.79 Å². The van der Waals surface area contributed by atoms with Crippen LogP contribution in [0.4, 0.5) is 0 Å². The molecule has 0 saturated carbocycles. The summed E-state index contributed by atoms with van der Waals surface area (Å²) in [4.78, 5) is 11.1. The fraction of sp³-hybridized carbons (Fsp3) is 0.385. The highest BCUT2D eigenvalue weighted by atomic mass is 16.5. The number of ether oxygens (including phenoxy) is 1. The third-order valence-electron chi connectivity index (χ3n) is 2.80. The Labute approximate surface area is 116 Å². The third kappa shape index (κ3) is 2.47. The normalized spacial score (nSPS) is 11.4. The Morgan fingerprint density at radius 1 is 1.35 bits per heavy atom. The second kappa shape index (κ2) is 4.92. The number of nitrogens with zero attached hydrogens (tertiary/aromatic N) is 4. The molecule has 106 valence electrons. The summed E-state index contributed by atoms with van der Waals surface area (Å²) in [7, 11) is 1.43. The second-order valence-electron chi connectivity index (χ2n) is 5.35. The lowest BCUT2D eigenvalue weighted by atomic mass is 9.95. The lowest BCUT2D eigenvalue weighted by Crippen LogP contribution is -2.19. The summed E-state index contributed by atoms with van der Waals surface area (Å²) in [5, 5.41) is 20.7. The zero-order valence-electron chi connectivity index (χ0n) is 11.8. The first kappa shape index (κ1) is 14.0. The molecule has 2 rings (SSSR count). The number of rotatable bonds is 3. The molecule has 7 nitrogen and oxygen atoms in total. The van der Waals surface area contributed by atoms with Crippen LogP contribution >= 0.6 is 0 Å². The minimum atomic E-state index is -1.04. The van der Waals surface area contributed by atoms with Crippen LogP contribution in [-0.4, -0.2) is 38.4 Å². The molecular formula is C13H16N4O3. The van der Waals surface area contributed by atoms with E-state index in [1.54, 1.807) is 16.8 Å². The van der Waals surface area contributed by atoms with Gasteiger partial charge < -0.3 is 9.84 Å². The predicted molar refractivity (Wildman–Crippen MR) is 71.4 cm³/mol. The van der Waals surface area contributed by atoms with E-state index < -0.39 is 5.97 Å². The number of carboxylic acids is 1. The highest BCUT2D eigenvalue weighted by Gasteiger charge is 2.23. The van der Waals surface area contributed by atoms with Gasteiger partial charge in [-0.25, -0.2) is 4.79 Å². The van der Waals surface area contributed by atoms with E-state index in [0.717, 1.165) is 0 Å². The van der Waals surface area contributed by atoms with Gasteiger partial charge in [-0.3, -0.25) is 0 Å². The molecule has 0 aliphatic rings. The van der Waals surface area contributed by atoms with Gasteiger partial charge in [0.05, 0.1) is 12.8 Å². The van der Waals surface area contributed by atoms with Gasteiger partial charge in [0.2, 0.25) is 0 Å². The first-order valence-electron chi connectivity index (χ1n) is 6.05. The Balaban J connectivity index is 2.55. The summed E-state index contributed by atoms with van der Waals surface area (Å²) in [5.41, 5.74) is 0.519. The van der Waals surface area contributed by atoms with Crippen LogP contribution in [0.25, 0.3) is 5.69 Å². The molecule has 0 fully saturated rings. The highest BCUT2D eigenvalue weighted by Crippen LogP contribution is 2.26. The number of hydrogen-bond donors (Lipinski definition) is 1. The van der Waals surface area contributed by atoms with E-state index in [2.05, 4.69) is 15.5 Å². The molecule has 1 aromatic heterocycles. The summed E-state index contributed by atoms with van der Waals surface area (Å²) in [6.45, 7) is 5.99. The Bertz CT molecular complexity index is 643. The monoisotopic (exact) mass is 276 g/mol.